The van der Waals surface area contributed by atoms with Gasteiger partial charge in [0.15, 0.2) is 21.1 Å². The number of hydrogen-bond acceptors (Lipinski definition) is 6. The molecule has 1 amide bonds. The van der Waals surface area contributed by atoms with E-state index in [4.69, 9.17) is 27.9 Å². The van der Waals surface area contributed by atoms with E-state index >= 15 is 0 Å². The molecule has 0 spiro atoms. The van der Waals surface area contributed by atoms with Gasteiger partial charge in [0.2, 0.25) is 0 Å². The summed E-state index contributed by atoms with van der Waals surface area (Å²) in [7, 11) is -3.31. The Morgan fingerprint density at radius 2 is 1.96 bits per heavy atom. The second kappa shape index (κ2) is 7.63. The highest BCUT2D eigenvalue weighted by molar-refractivity contribution is 7.90. The fraction of sp³-hybridized carbons (Fsp3) is 0.176. The zero-order valence-electron chi connectivity index (χ0n) is 14.2. The molecule has 0 radical (unpaired) electrons. The van der Waals surface area contributed by atoms with Gasteiger partial charge < -0.3 is 4.74 Å². The summed E-state index contributed by atoms with van der Waals surface area (Å²) in [6.07, 6.45) is 0.306. The number of hydrogen-bond donors (Lipinski definition) is 1. The van der Waals surface area contributed by atoms with Gasteiger partial charge in [0.25, 0.3) is 5.91 Å². The van der Waals surface area contributed by atoms with Gasteiger partial charge in [0.1, 0.15) is 5.75 Å². The fourth-order valence-corrected chi connectivity index (χ4v) is 4.29. The summed E-state index contributed by atoms with van der Waals surface area (Å²) >= 11 is 13.1. The number of amides is 1. The van der Waals surface area contributed by atoms with Crippen LogP contribution in [0.25, 0.3) is 10.2 Å². The molecule has 0 saturated heterocycles. The number of ether oxygens (including phenoxy) is 1. The number of benzene rings is 2. The number of carbonyl (C=O) groups excluding carboxylic acids is 1. The SMILES string of the molecule is CC(Oc1ccc(Cl)cc1Cl)C(=O)Nc1nc2ccc(S(C)(=O)=O)cc2s1. The van der Waals surface area contributed by atoms with Crippen LogP contribution in [0, 0.1) is 0 Å². The quantitative estimate of drug-likeness (QED) is 0.629. The first-order valence-corrected chi connectivity index (χ1v) is 11.1. The van der Waals surface area contributed by atoms with E-state index in [2.05, 4.69) is 10.3 Å². The lowest BCUT2D eigenvalue weighted by Gasteiger charge is -2.14. The number of anilines is 1. The van der Waals surface area contributed by atoms with E-state index in [0.29, 0.717) is 31.1 Å². The number of sulfone groups is 1. The van der Waals surface area contributed by atoms with Gasteiger partial charge in [0.05, 0.1) is 20.1 Å². The second-order valence-electron chi connectivity index (χ2n) is 5.74. The van der Waals surface area contributed by atoms with Crippen LogP contribution in [-0.4, -0.2) is 31.7 Å². The summed E-state index contributed by atoms with van der Waals surface area (Å²) in [4.78, 5) is 16.9. The number of nitrogens with one attached hydrogen (secondary N) is 1. The topological polar surface area (TPSA) is 85.4 Å². The molecule has 1 unspecified atom stereocenters. The Labute approximate surface area is 170 Å². The van der Waals surface area contributed by atoms with Gasteiger partial charge in [-0.15, -0.1) is 0 Å². The van der Waals surface area contributed by atoms with Crippen LogP contribution in [0.1, 0.15) is 6.92 Å². The summed E-state index contributed by atoms with van der Waals surface area (Å²) in [6.45, 7) is 1.58. The Kier molecular flexibility index (Phi) is 5.62. The van der Waals surface area contributed by atoms with Gasteiger partial charge in [-0.25, -0.2) is 13.4 Å². The van der Waals surface area contributed by atoms with Gasteiger partial charge in [-0.1, -0.05) is 34.5 Å². The van der Waals surface area contributed by atoms with Crippen molar-refractivity contribution in [2.45, 2.75) is 17.9 Å². The summed E-state index contributed by atoms with van der Waals surface area (Å²) in [6, 6.07) is 9.34. The van der Waals surface area contributed by atoms with Gasteiger partial charge in [0, 0.05) is 11.3 Å². The van der Waals surface area contributed by atoms with Crippen molar-refractivity contribution in [2.24, 2.45) is 0 Å². The number of rotatable bonds is 5. The van der Waals surface area contributed by atoms with Gasteiger partial charge >= 0.3 is 0 Å². The van der Waals surface area contributed by atoms with Crippen molar-refractivity contribution in [3.05, 3.63) is 46.4 Å². The Bertz CT molecular complexity index is 1130. The molecule has 1 atom stereocenters. The molecule has 1 heterocycles. The molecular formula is C17H14Cl2N2O4S2. The molecule has 27 heavy (non-hydrogen) atoms. The maximum atomic E-state index is 12.4. The second-order valence-corrected chi connectivity index (χ2v) is 9.63. The third-order valence-corrected chi connectivity index (χ3v) is 6.16. The minimum absolute atomic E-state index is 0.200. The average Bonchev–Trinajstić information content (AvgIpc) is 2.97. The Hall–Kier alpha value is -1.87. The molecule has 1 aromatic heterocycles. The summed E-state index contributed by atoms with van der Waals surface area (Å²) in [5.74, 6) is -0.0748. The van der Waals surface area contributed by atoms with Gasteiger partial charge in [-0.2, -0.15) is 0 Å². The number of halogens is 2. The minimum Gasteiger partial charge on any atom is -0.479 e. The lowest BCUT2D eigenvalue weighted by molar-refractivity contribution is -0.122. The van der Waals surface area contributed by atoms with Crippen molar-refractivity contribution < 1.29 is 17.9 Å². The predicted octanol–water partition coefficient (Wildman–Crippen LogP) is 4.41. The molecule has 3 rings (SSSR count). The smallest absolute Gasteiger partial charge is 0.266 e. The largest absolute Gasteiger partial charge is 0.479 e. The molecule has 10 heteroatoms. The number of carbonyl (C=O) groups is 1. The van der Waals surface area contributed by atoms with E-state index < -0.39 is 21.8 Å². The first-order valence-electron chi connectivity index (χ1n) is 7.67. The predicted molar refractivity (Wildman–Crippen MR) is 108 cm³/mol. The molecule has 0 aliphatic rings. The molecule has 2 aromatic carbocycles. The van der Waals surface area contributed by atoms with E-state index in [0.717, 1.165) is 6.26 Å². The molecule has 0 aliphatic carbocycles. The first-order chi connectivity index (χ1) is 12.6. The molecule has 0 fully saturated rings. The number of nitrogens with zero attached hydrogens (tertiary/aromatic N) is 1. The third kappa shape index (κ3) is 4.70. The average molecular weight is 445 g/mol. The minimum atomic E-state index is -3.31. The van der Waals surface area contributed by atoms with Crippen molar-refractivity contribution >= 4 is 65.6 Å². The standard InChI is InChI=1S/C17H14Cl2N2O4S2/c1-9(25-14-6-3-10(18)7-12(14)19)16(22)21-17-20-13-5-4-11(27(2,23)24)8-15(13)26-17/h3-9H,1-2H3,(H,20,21,22). The first kappa shape index (κ1) is 19.9. The molecule has 1 N–H and O–H groups in total. The van der Waals surface area contributed by atoms with Crippen molar-refractivity contribution in [1.29, 1.82) is 0 Å². The fourth-order valence-electron chi connectivity index (χ4n) is 2.21. The van der Waals surface area contributed by atoms with Crippen LogP contribution in [0.4, 0.5) is 5.13 Å². The van der Waals surface area contributed by atoms with E-state index in [9.17, 15) is 13.2 Å². The van der Waals surface area contributed by atoms with Crippen molar-refractivity contribution in [3.63, 3.8) is 0 Å². The van der Waals surface area contributed by atoms with Crippen LogP contribution in [0.5, 0.6) is 5.75 Å². The molecular weight excluding hydrogens is 431 g/mol. The zero-order valence-corrected chi connectivity index (χ0v) is 17.3. The van der Waals surface area contributed by atoms with Crippen LogP contribution in [-0.2, 0) is 14.6 Å². The van der Waals surface area contributed by atoms with Crippen LogP contribution < -0.4 is 10.1 Å². The van der Waals surface area contributed by atoms with E-state index in [1.807, 2.05) is 0 Å². The lowest BCUT2D eigenvalue weighted by atomic mass is 10.3. The molecule has 3 aromatic rings. The van der Waals surface area contributed by atoms with Crippen LogP contribution >= 0.6 is 34.5 Å². The number of aromatic nitrogens is 1. The molecule has 0 bridgehead atoms. The van der Waals surface area contributed by atoms with Gasteiger partial charge in [-0.05, 0) is 43.3 Å². The Morgan fingerprint density at radius 3 is 2.63 bits per heavy atom. The monoisotopic (exact) mass is 444 g/mol. The molecule has 0 saturated carbocycles. The Balaban J connectivity index is 1.75. The van der Waals surface area contributed by atoms with Crippen LogP contribution in [0.3, 0.4) is 0 Å². The van der Waals surface area contributed by atoms with Gasteiger partial charge in [-0.3, -0.25) is 10.1 Å². The summed E-state index contributed by atoms with van der Waals surface area (Å²) < 4.78 is 29.5. The highest BCUT2D eigenvalue weighted by Crippen LogP contribution is 2.30. The summed E-state index contributed by atoms with van der Waals surface area (Å²) in [5, 5.41) is 3.78. The third-order valence-electron chi connectivity index (χ3n) is 3.59. The van der Waals surface area contributed by atoms with E-state index in [1.165, 1.54) is 29.5 Å². The number of fused-ring (bicyclic) bond motifs is 1. The highest BCUT2D eigenvalue weighted by Gasteiger charge is 2.18. The molecule has 6 nitrogen and oxygen atoms in total. The number of thiazole rings is 1. The Morgan fingerprint density at radius 1 is 1.22 bits per heavy atom. The van der Waals surface area contributed by atoms with Crippen LogP contribution in [0.2, 0.25) is 10.0 Å². The maximum absolute atomic E-state index is 12.4. The van der Waals surface area contributed by atoms with Crippen LogP contribution in [0.15, 0.2) is 41.3 Å². The van der Waals surface area contributed by atoms with E-state index in [1.54, 1.807) is 25.1 Å². The molecule has 0 aliphatic heterocycles. The van der Waals surface area contributed by atoms with Crippen molar-refractivity contribution in [3.8, 4) is 5.75 Å². The van der Waals surface area contributed by atoms with E-state index in [-0.39, 0.29) is 4.90 Å². The zero-order chi connectivity index (χ0) is 19.8. The maximum Gasteiger partial charge on any atom is 0.266 e. The summed E-state index contributed by atoms with van der Waals surface area (Å²) in [5.41, 5.74) is 0.594. The molecule has 142 valence electrons. The van der Waals surface area contributed by atoms with Crippen molar-refractivity contribution in [2.75, 3.05) is 11.6 Å². The highest BCUT2D eigenvalue weighted by atomic mass is 35.5. The van der Waals surface area contributed by atoms with Crippen molar-refractivity contribution in [1.82, 2.24) is 4.98 Å². The normalized spacial score (nSPS) is 12.7. The lowest BCUT2D eigenvalue weighted by Crippen LogP contribution is -2.30.